The lowest BCUT2D eigenvalue weighted by Crippen LogP contribution is -2.34. The molecule has 0 aliphatic carbocycles. The number of benzene rings is 1. The van der Waals surface area contributed by atoms with E-state index in [1.54, 1.807) is 6.07 Å². The van der Waals surface area contributed by atoms with E-state index in [9.17, 15) is 14.9 Å². The van der Waals surface area contributed by atoms with Crippen LogP contribution >= 0.6 is 0 Å². The monoisotopic (exact) mass is 261 g/mol. The number of aromatic nitrogens is 1. The average Bonchev–Trinajstić information content (AvgIpc) is 2.75. The first-order chi connectivity index (χ1) is 9.08. The predicted octanol–water partition coefficient (Wildman–Crippen LogP) is 1.35. The van der Waals surface area contributed by atoms with E-state index < -0.39 is 16.9 Å². The Morgan fingerprint density at radius 1 is 1.47 bits per heavy atom. The van der Waals surface area contributed by atoms with E-state index in [2.05, 4.69) is 10.3 Å². The summed E-state index contributed by atoms with van der Waals surface area (Å²) in [6.07, 6.45) is 0.653. The molecule has 0 saturated carbocycles. The van der Waals surface area contributed by atoms with Crippen LogP contribution < -0.4 is 5.32 Å². The molecule has 1 unspecified atom stereocenters. The molecule has 1 aromatic carbocycles. The second kappa shape index (κ2) is 4.06. The van der Waals surface area contributed by atoms with Gasteiger partial charge < -0.3 is 10.1 Å². The molecule has 0 amide bonds. The van der Waals surface area contributed by atoms with Gasteiger partial charge in [-0.3, -0.25) is 20.2 Å². The largest absolute Gasteiger partial charge is 0.480 e. The summed E-state index contributed by atoms with van der Waals surface area (Å²) in [7, 11) is 0. The molecule has 1 aliphatic heterocycles. The molecule has 2 aromatic rings. The third-order valence-corrected chi connectivity index (χ3v) is 3.39. The van der Waals surface area contributed by atoms with Crippen molar-refractivity contribution in [3.63, 3.8) is 0 Å². The molecule has 2 heterocycles. The van der Waals surface area contributed by atoms with E-state index in [1.165, 1.54) is 12.1 Å². The maximum Gasteiger partial charge on any atom is 0.326 e. The summed E-state index contributed by atoms with van der Waals surface area (Å²) in [6, 6.07) is 3.74. The van der Waals surface area contributed by atoms with Crippen LogP contribution in [0, 0.1) is 10.1 Å². The number of nitrogens with zero attached hydrogens (tertiary/aromatic N) is 1. The summed E-state index contributed by atoms with van der Waals surface area (Å²) >= 11 is 0. The fraction of sp³-hybridized carbons (Fsp3) is 0.250. The Labute approximate surface area is 107 Å². The lowest BCUT2D eigenvalue weighted by molar-refractivity contribution is -0.384. The van der Waals surface area contributed by atoms with Gasteiger partial charge >= 0.3 is 5.97 Å². The standard InChI is InChI=1S/C12H11N3O4/c16-12(17)11-10-7(3-4-13-11)8-5-6(15(18)19)1-2-9(8)14-10/h1-2,5,11,13-14H,3-4H2,(H,16,17). The van der Waals surface area contributed by atoms with Crippen molar-refractivity contribution in [2.45, 2.75) is 12.5 Å². The normalized spacial score (nSPS) is 18.2. The highest BCUT2D eigenvalue weighted by Gasteiger charge is 2.29. The fourth-order valence-corrected chi connectivity index (χ4v) is 2.54. The van der Waals surface area contributed by atoms with Crippen LogP contribution in [0.5, 0.6) is 0 Å². The zero-order chi connectivity index (χ0) is 13.6. The number of carbonyl (C=O) groups is 1. The Kier molecular flexibility index (Phi) is 2.49. The molecule has 0 spiro atoms. The minimum Gasteiger partial charge on any atom is -0.480 e. The van der Waals surface area contributed by atoms with Gasteiger partial charge in [-0.25, -0.2) is 0 Å². The third-order valence-electron chi connectivity index (χ3n) is 3.39. The fourth-order valence-electron chi connectivity index (χ4n) is 2.54. The van der Waals surface area contributed by atoms with Crippen molar-refractivity contribution in [1.29, 1.82) is 0 Å². The molecule has 0 saturated heterocycles. The van der Waals surface area contributed by atoms with Gasteiger partial charge in [0.15, 0.2) is 0 Å². The Balaban J connectivity index is 2.22. The number of rotatable bonds is 2. The Hall–Kier alpha value is -2.41. The van der Waals surface area contributed by atoms with Gasteiger partial charge in [-0.2, -0.15) is 0 Å². The molecule has 1 aliphatic rings. The molecule has 19 heavy (non-hydrogen) atoms. The van der Waals surface area contributed by atoms with E-state index >= 15 is 0 Å². The quantitative estimate of drug-likeness (QED) is 0.558. The third kappa shape index (κ3) is 1.75. The predicted molar refractivity (Wildman–Crippen MR) is 67.0 cm³/mol. The van der Waals surface area contributed by atoms with E-state index in [-0.39, 0.29) is 5.69 Å². The molecule has 7 nitrogen and oxygen atoms in total. The van der Waals surface area contributed by atoms with Gasteiger partial charge in [0.2, 0.25) is 0 Å². The molecular weight excluding hydrogens is 250 g/mol. The molecule has 3 rings (SSSR count). The molecular formula is C12H11N3O4. The smallest absolute Gasteiger partial charge is 0.326 e. The topological polar surface area (TPSA) is 108 Å². The minimum atomic E-state index is -0.956. The van der Waals surface area contributed by atoms with Crippen LogP contribution in [0.2, 0.25) is 0 Å². The number of carboxylic acids is 1. The van der Waals surface area contributed by atoms with Gasteiger partial charge in [0.1, 0.15) is 6.04 Å². The van der Waals surface area contributed by atoms with Crippen LogP contribution in [0.25, 0.3) is 10.9 Å². The molecule has 1 atom stereocenters. The van der Waals surface area contributed by atoms with Crippen LogP contribution in [0.4, 0.5) is 5.69 Å². The number of nitro groups is 1. The second-order valence-corrected chi connectivity index (χ2v) is 4.48. The maximum absolute atomic E-state index is 11.2. The molecule has 0 fully saturated rings. The lowest BCUT2D eigenvalue weighted by atomic mass is 9.99. The minimum absolute atomic E-state index is 0.0136. The molecule has 7 heteroatoms. The van der Waals surface area contributed by atoms with Gasteiger partial charge in [0.05, 0.1) is 4.92 Å². The summed E-state index contributed by atoms with van der Waals surface area (Å²) < 4.78 is 0. The number of nitro benzene ring substituents is 1. The molecule has 98 valence electrons. The number of fused-ring (bicyclic) bond motifs is 3. The van der Waals surface area contributed by atoms with Crippen LogP contribution in [-0.2, 0) is 11.2 Å². The van der Waals surface area contributed by atoms with Crippen molar-refractivity contribution in [2.24, 2.45) is 0 Å². The summed E-state index contributed by atoms with van der Waals surface area (Å²) in [6.45, 7) is 0.541. The van der Waals surface area contributed by atoms with Gasteiger partial charge in [0.25, 0.3) is 5.69 Å². The number of hydrogen-bond donors (Lipinski definition) is 3. The van der Waals surface area contributed by atoms with Crippen LogP contribution in [0.3, 0.4) is 0 Å². The number of H-pyrrole nitrogens is 1. The van der Waals surface area contributed by atoms with E-state index in [0.717, 1.165) is 16.5 Å². The van der Waals surface area contributed by atoms with E-state index in [0.29, 0.717) is 18.7 Å². The zero-order valence-electron chi connectivity index (χ0n) is 9.84. The van der Waals surface area contributed by atoms with E-state index in [4.69, 9.17) is 5.11 Å². The van der Waals surface area contributed by atoms with Crippen molar-refractivity contribution in [3.05, 3.63) is 39.6 Å². The molecule has 0 bridgehead atoms. The Morgan fingerprint density at radius 2 is 2.26 bits per heavy atom. The Bertz CT molecular complexity index is 692. The molecule has 3 N–H and O–H groups in total. The van der Waals surface area contributed by atoms with Crippen molar-refractivity contribution in [3.8, 4) is 0 Å². The zero-order valence-corrected chi connectivity index (χ0v) is 9.84. The average molecular weight is 261 g/mol. The van der Waals surface area contributed by atoms with Crippen LogP contribution in [-0.4, -0.2) is 27.5 Å². The first-order valence-electron chi connectivity index (χ1n) is 5.83. The number of non-ortho nitro benzene ring substituents is 1. The summed E-state index contributed by atoms with van der Waals surface area (Å²) in [4.78, 5) is 24.6. The molecule has 1 aromatic heterocycles. The highest BCUT2D eigenvalue weighted by molar-refractivity contribution is 5.89. The Morgan fingerprint density at radius 3 is 2.95 bits per heavy atom. The van der Waals surface area contributed by atoms with Gasteiger partial charge in [-0.1, -0.05) is 0 Å². The highest BCUT2D eigenvalue weighted by atomic mass is 16.6. The van der Waals surface area contributed by atoms with Crippen molar-refractivity contribution < 1.29 is 14.8 Å². The van der Waals surface area contributed by atoms with Gasteiger partial charge in [-0.05, 0) is 18.1 Å². The number of aromatic amines is 1. The van der Waals surface area contributed by atoms with E-state index in [1.807, 2.05) is 0 Å². The summed E-state index contributed by atoms with van der Waals surface area (Å²) in [5.41, 5.74) is 2.18. The number of nitrogens with one attached hydrogen (secondary N) is 2. The van der Waals surface area contributed by atoms with Gasteiger partial charge in [0, 0.05) is 35.3 Å². The summed E-state index contributed by atoms with van der Waals surface area (Å²) in [5, 5.41) is 23.6. The second-order valence-electron chi connectivity index (χ2n) is 4.48. The van der Waals surface area contributed by atoms with Crippen molar-refractivity contribution >= 4 is 22.6 Å². The molecule has 0 radical (unpaired) electrons. The van der Waals surface area contributed by atoms with Crippen LogP contribution in [0.15, 0.2) is 18.2 Å². The SMILES string of the molecule is O=C(O)C1NCCc2c1[nH]c1ccc([N+](=O)[O-])cc21. The first kappa shape index (κ1) is 11.7. The van der Waals surface area contributed by atoms with Crippen LogP contribution in [0.1, 0.15) is 17.3 Å². The maximum atomic E-state index is 11.2. The first-order valence-corrected chi connectivity index (χ1v) is 5.83. The highest BCUT2D eigenvalue weighted by Crippen LogP contribution is 2.32. The van der Waals surface area contributed by atoms with Gasteiger partial charge in [-0.15, -0.1) is 0 Å². The van der Waals surface area contributed by atoms with Crippen molar-refractivity contribution in [2.75, 3.05) is 6.54 Å². The number of hydrogen-bond acceptors (Lipinski definition) is 4. The lowest BCUT2D eigenvalue weighted by Gasteiger charge is -2.20. The van der Waals surface area contributed by atoms with Crippen molar-refractivity contribution in [1.82, 2.24) is 10.3 Å². The number of carboxylic acid groups (broad SMARTS) is 1. The summed E-state index contributed by atoms with van der Waals surface area (Å²) in [5.74, 6) is -0.956. The number of aliphatic carboxylic acids is 1.